The lowest BCUT2D eigenvalue weighted by molar-refractivity contribution is -0.0624. The maximum atomic E-state index is 11.3. The van der Waals surface area contributed by atoms with Gasteiger partial charge in [-0.1, -0.05) is 32.9 Å². The summed E-state index contributed by atoms with van der Waals surface area (Å²) in [6.07, 6.45) is 9.63. The molecule has 2 rings (SSSR count). The molecule has 0 bridgehead atoms. The molecule has 2 aliphatic carbocycles. The molecule has 18 heavy (non-hydrogen) atoms. The van der Waals surface area contributed by atoms with Gasteiger partial charge in [0.05, 0.1) is 5.60 Å². The molecule has 0 unspecified atom stereocenters. The fraction of sp³-hybridized carbons (Fsp3) is 0.875. The second-order valence-electron chi connectivity index (χ2n) is 6.95. The number of aliphatic hydroxyl groups is 2. The van der Waals surface area contributed by atoms with Crippen LogP contribution in [0.4, 0.5) is 0 Å². The lowest BCUT2D eigenvalue weighted by Gasteiger charge is -2.42. The Morgan fingerprint density at radius 3 is 2.44 bits per heavy atom. The Kier molecular flexibility index (Phi) is 3.89. The van der Waals surface area contributed by atoms with E-state index in [1.54, 1.807) is 0 Å². The number of aliphatic hydroxyl groups excluding tert-OH is 1. The van der Waals surface area contributed by atoms with Crippen LogP contribution in [0, 0.1) is 23.2 Å². The number of hydrogen-bond acceptors (Lipinski definition) is 2. The van der Waals surface area contributed by atoms with Gasteiger partial charge in [-0.3, -0.25) is 0 Å². The summed E-state index contributed by atoms with van der Waals surface area (Å²) in [5.74, 6) is 1.50. The number of allylic oxidation sites excluding steroid dienone is 1. The van der Waals surface area contributed by atoms with Crippen LogP contribution in [0.3, 0.4) is 0 Å². The summed E-state index contributed by atoms with van der Waals surface area (Å²) in [7, 11) is 0. The van der Waals surface area contributed by atoms with Gasteiger partial charge in [0.1, 0.15) is 0 Å². The summed E-state index contributed by atoms with van der Waals surface area (Å²) in [4.78, 5) is 0. The van der Waals surface area contributed by atoms with Crippen molar-refractivity contribution in [2.75, 3.05) is 6.61 Å². The zero-order valence-electron chi connectivity index (χ0n) is 12.0. The highest BCUT2D eigenvalue weighted by Crippen LogP contribution is 2.55. The van der Waals surface area contributed by atoms with Crippen molar-refractivity contribution in [1.29, 1.82) is 0 Å². The standard InChI is InChI=1S/C16H28O2/c1-12(2)14-7-8-15(3,10-11-17)16(14,18)9-6-13-4-5-13/h6,9,12-14,17-18H,4-5,7-8,10-11H2,1-3H3/b9-6+/t14-,15-,16+/m1/s1. The van der Waals surface area contributed by atoms with Gasteiger partial charge in [-0.05, 0) is 49.9 Å². The smallest absolute Gasteiger partial charge is 0.0912 e. The maximum absolute atomic E-state index is 11.3. The van der Waals surface area contributed by atoms with E-state index in [2.05, 4.69) is 32.9 Å². The molecule has 2 saturated carbocycles. The Balaban J connectivity index is 2.25. The fourth-order valence-electron chi connectivity index (χ4n) is 3.65. The van der Waals surface area contributed by atoms with Crippen LogP contribution in [-0.2, 0) is 0 Å². The van der Waals surface area contributed by atoms with Gasteiger partial charge in [-0.15, -0.1) is 0 Å². The molecule has 0 aliphatic heterocycles. The Morgan fingerprint density at radius 2 is 1.94 bits per heavy atom. The van der Waals surface area contributed by atoms with Crippen molar-refractivity contribution in [1.82, 2.24) is 0 Å². The van der Waals surface area contributed by atoms with E-state index in [0.717, 1.165) is 12.8 Å². The van der Waals surface area contributed by atoms with Crippen LogP contribution in [0.5, 0.6) is 0 Å². The van der Waals surface area contributed by atoms with Crippen molar-refractivity contribution in [2.45, 2.75) is 58.5 Å². The summed E-state index contributed by atoms with van der Waals surface area (Å²) in [6, 6.07) is 0. The first-order chi connectivity index (χ1) is 8.43. The van der Waals surface area contributed by atoms with Crippen molar-refractivity contribution in [2.24, 2.45) is 23.2 Å². The number of hydrogen-bond donors (Lipinski definition) is 2. The minimum atomic E-state index is -0.730. The summed E-state index contributed by atoms with van der Waals surface area (Å²) >= 11 is 0. The predicted octanol–water partition coefficient (Wildman–Crippen LogP) is 3.14. The average molecular weight is 252 g/mol. The van der Waals surface area contributed by atoms with E-state index in [9.17, 15) is 10.2 Å². The maximum Gasteiger partial charge on any atom is 0.0912 e. The Bertz CT molecular complexity index is 319. The van der Waals surface area contributed by atoms with Crippen LogP contribution in [0.2, 0.25) is 0 Å². The van der Waals surface area contributed by atoms with Gasteiger partial charge in [0, 0.05) is 12.0 Å². The zero-order chi connectivity index (χ0) is 13.4. The third-order valence-corrected chi connectivity index (χ3v) is 5.25. The monoisotopic (exact) mass is 252 g/mol. The molecule has 2 fully saturated rings. The normalized spacial score (nSPS) is 41.1. The van der Waals surface area contributed by atoms with Crippen molar-refractivity contribution < 1.29 is 10.2 Å². The highest BCUT2D eigenvalue weighted by molar-refractivity contribution is 5.19. The van der Waals surface area contributed by atoms with Gasteiger partial charge in [0.15, 0.2) is 0 Å². The van der Waals surface area contributed by atoms with E-state index in [0.29, 0.717) is 24.2 Å². The van der Waals surface area contributed by atoms with Crippen LogP contribution in [0.15, 0.2) is 12.2 Å². The molecule has 0 amide bonds. The van der Waals surface area contributed by atoms with Crippen LogP contribution in [-0.4, -0.2) is 22.4 Å². The number of rotatable bonds is 5. The Labute approximate surface area is 111 Å². The molecular formula is C16H28O2. The third kappa shape index (κ3) is 2.37. The van der Waals surface area contributed by atoms with Crippen LogP contribution in [0.1, 0.15) is 52.9 Å². The molecule has 2 nitrogen and oxygen atoms in total. The van der Waals surface area contributed by atoms with E-state index in [1.165, 1.54) is 12.8 Å². The predicted molar refractivity (Wildman–Crippen MR) is 74.2 cm³/mol. The summed E-state index contributed by atoms with van der Waals surface area (Å²) in [6.45, 7) is 6.71. The van der Waals surface area contributed by atoms with E-state index < -0.39 is 5.60 Å². The van der Waals surface area contributed by atoms with Gasteiger partial charge in [-0.2, -0.15) is 0 Å². The quantitative estimate of drug-likeness (QED) is 0.738. The van der Waals surface area contributed by atoms with Crippen molar-refractivity contribution in [3.8, 4) is 0 Å². The molecule has 0 spiro atoms. The molecular weight excluding hydrogens is 224 g/mol. The molecule has 0 aromatic heterocycles. The summed E-state index contributed by atoms with van der Waals surface area (Å²) in [5.41, 5.74) is -0.894. The highest BCUT2D eigenvalue weighted by atomic mass is 16.3. The lowest BCUT2D eigenvalue weighted by atomic mass is 9.68. The highest BCUT2D eigenvalue weighted by Gasteiger charge is 2.55. The van der Waals surface area contributed by atoms with E-state index in [-0.39, 0.29) is 12.0 Å². The molecule has 2 heteroatoms. The molecule has 0 saturated heterocycles. The summed E-state index contributed by atoms with van der Waals surface area (Å²) < 4.78 is 0. The first kappa shape index (κ1) is 14.1. The van der Waals surface area contributed by atoms with E-state index in [4.69, 9.17) is 0 Å². The first-order valence-corrected chi connectivity index (χ1v) is 7.45. The molecule has 0 heterocycles. The summed E-state index contributed by atoms with van der Waals surface area (Å²) in [5, 5.41) is 20.6. The topological polar surface area (TPSA) is 40.5 Å². The van der Waals surface area contributed by atoms with E-state index in [1.807, 2.05) is 0 Å². The van der Waals surface area contributed by atoms with Gasteiger partial charge >= 0.3 is 0 Å². The van der Waals surface area contributed by atoms with Crippen molar-refractivity contribution >= 4 is 0 Å². The fourth-order valence-corrected chi connectivity index (χ4v) is 3.65. The minimum Gasteiger partial charge on any atom is -0.396 e. The Morgan fingerprint density at radius 1 is 1.28 bits per heavy atom. The Hall–Kier alpha value is -0.340. The lowest BCUT2D eigenvalue weighted by Crippen LogP contribution is -2.47. The van der Waals surface area contributed by atoms with Crippen molar-refractivity contribution in [3.05, 3.63) is 12.2 Å². The van der Waals surface area contributed by atoms with Gasteiger partial charge in [-0.25, -0.2) is 0 Å². The minimum absolute atomic E-state index is 0.165. The molecule has 0 radical (unpaired) electrons. The van der Waals surface area contributed by atoms with E-state index >= 15 is 0 Å². The van der Waals surface area contributed by atoms with Crippen LogP contribution >= 0.6 is 0 Å². The molecule has 2 aliphatic rings. The molecule has 2 N–H and O–H groups in total. The van der Waals surface area contributed by atoms with Crippen molar-refractivity contribution in [3.63, 3.8) is 0 Å². The van der Waals surface area contributed by atoms with Gasteiger partial charge in [0.25, 0.3) is 0 Å². The van der Waals surface area contributed by atoms with Crippen LogP contribution < -0.4 is 0 Å². The average Bonchev–Trinajstić information content (AvgIpc) is 3.06. The van der Waals surface area contributed by atoms with Gasteiger partial charge in [0.2, 0.25) is 0 Å². The molecule has 3 atom stereocenters. The SMILES string of the molecule is CC(C)[C@H]1CC[C@](C)(CCO)[C@]1(O)/C=C/C1CC1. The molecule has 0 aromatic rings. The molecule has 0 aromatic carbocycles. The molecule has 104 valence electrons. The second-order valence-corrected chi connectivity index (χ2v) is 6.95. The van der Waals surface area contributed by atoms with Crippen LogP contribution in [0.25, 0.3) is 0 Å². The van der Waals surface area contributed by atoms with Gasteiger partial charge < -0.3 is 10.2 Å². The first-order valence-electron chi connectivity index (χ1n) is 7.45. The second kappa shape index (κ2) is 4.97. The largest absolute Gasteiger partial charge is 0.396 e. The third-order valence-electron chi connectivity index (χ3n) is 5.25. The zero-order valence-corrected chi connectivity index (χ0v) is 12.0.